The SMILES string of the molecule is c1cncc(-c2ccc(N(c3ccc4cc5sc6ccccc6c5cc4c3)c3ccc4cc5sc6ccccc6c5cc4c3)cc2)c1. The molecule has 0 unspecified atom stereocenters. The second-order valence-corrected chi connectivity index (χ2v) is 14.2. The van der Waals surface area contributed by atoms with Gasteiger partial charge in [0.05, 0.1) is 0 Å². The third kappa shape index (κ3) is 4.41. The van der Waals surface area contributed by atoms with Gasteiger partial charge in [-0.1, -0.05) is 66.7 Å². The molecule has 0 aliphatic heterocycles. The topological polar surface area (TPSA) is 16.1 Å². The summed E-state index contributed by atoms with van der Waals surface area (Å²) in [7, 11) is 0. The van der Waals surface area contributed by atoms with Crippen molar-refractivity contribution in [3.05, 3.63) is 158 Å². The first-order valence-electron chi connectivity index (χ1n) is 15.8. The normalized spacial score (nSPS) is 11.8. The molecule has 3 aromatic heterocycles. The fourth-order valence-corrected chi connectivity index (χ4v) is 9.25. The average molecular weight is 635 g/mol. The Morgan fingerprint density at radius 3 is 1.49 bits per heavy atom. The summed E-state index contributed by atoms with van der Waals surface area (Å²) in [6.45, 7) is 0. The van der Waals surface area contributed by atoms with Crippen LogP contribution in [-0.2, 0) is 0 Å². The predicted molar refractivity (Wildman–Crippen MR) is 205 cm³/mol. The van der Waals surface area contributed by atoms with Gasteiger partial charge in [0.25, 0.3) is 0 Å². The van der Waals surface area contributed by atoms with E-state index in [1.54, 1.807) is 0 Å². The van der Waals surface area contributed by atoms with Crippen LogP contribution in [0.5, 0.6) is 0 Å². The summed E-state index contributed by atoms with van der Waals surface area (Å²) in [6, 6.07) is 53.6. The molecule has 3 heterocycles. The van der Waals surface area contributed by atoms with Gasteiger partial charge >= 0.3 is 0 Å². The lowest BCUT2D eigenvalue weighted by molar-refractivity contribution is 1.29. The molecule has 47 heavy (non-hydrogen) atoms. The molecule has 0 bridgehead atoms. The Labute approximate surface area is 279 Å². The summed E-state index contributed by atoms with van der Waals surface area (Å²) in [5, 5.41) is 10.3. The second-order valence-electron chi connectivity index (χ2n) is 12.1. The Kier molecular flexibility index (Phi) is 5.95. The van der Waals surface area contributed by atoms with Crippen LogP contribution in [0.2, 0.25) is 0 Å². The van der Waals surface area contributed by atoms with Crippen molar-refractivity contribution in [1.29, 1.82) is 0 Å². The molecular weight excluding hydrogens is 609 g/mol. The van der Waals surface area contributed by atoms with Crippen molar-refractivity contribution in [3.63, 3.8) is 0 Å². The van der Waals surface area contributed by atoms with Crippen LogP contribution in [0, 0.1) is 0 Å². The van der Waals surface area contributed by atoms with Crippen molar-refractivity contribution in [3.8, 4) is 11.1 Å². The third-order valence-electron chi connectivity index (χ3n) is 9.28. The Morgan fingerprint density at radius 1 is 0.383 bits per heavy atom. The summed E-state index contributed by atoms with van der Waals surface area (Å²) in [6.07, 6.45) is 3.74. The molecule has 0 aliphatic carbocycles. The first-order chi connectivity index (χ1) is 23.2. The lowest BCUT2D eigenvalue weighted by atomic mass is 10.0. The van der Waals surface area contributed by atoms with Gasteiger partial charge in [0.2, 0.25) is 0 Å². The van der Waals surface area contributed by atoms with Crippen LogP contribution >= 0.6 is 22.7 Å². The molecule has 0 amide bonds. The van der Waals surface area contributed by atoms with Crippen molar-refractivity contribution < 1.29 is 0 Å². The summed E-state index contributed by atoms with van der Waals surface area (Å²) in [4.78, 5) is 6.72. The van der Waals surface area contributed by atoms with Crippen molar-refractivity contribution in [2.45, 2.75) is 0 Å². The molecule has 0 atom stereocenters. The van der Waals surface area contributed by atoms with Gasteiger partial charge in [-0.3, -0.25) is 4.98 Å². The number of aromatic nitrogens is 1. The van der Waals surface area contributed by atoms with E-state index in [1.807, 2.05) is 41.1 Å². The zero-order chi connectivity index (χ0) is 30.9. The van der Waals surface area contributed by atoms with Gasteiger partial charge in [0.15, 0.2) is 0 Å². The molecule has 10 aromatic rings. The summed E-state index contributed by atoms with van der Waals surface area (Å²) < 4.78 is 5.32. The maximum atomic E-state index is 4.34. The lowest BCUT2D eigenvalue weighted by Gasteiger charge is -2.26. The van der Waals surface area contributed by atoms with Gasteiger partial charge in [-0.2, -0.15) is 0 Å². The van der Waals surface area contributed by atoms with E-state index in [9.17, 15) is 0 Å². The smallest absolute Gasteiger partial charge is 0.0468 e. The zero-order valence-electron chi connectivity index (χ0n) is 25.2. The quantitative estimate of drug-likeness (QED) is 0.191. The Hall–Kier alpha value is -5.55. The number of rotatable bonds is 4. The fraction of sp³-hybridized carbons (Fsp3) is 0. The van der Waals surface area contributed by atoms with Gasteiger partial charge in [0, 0.05) is 69.8 Å². The fourth-order valence-electron chi connectivity index (χ4n) is 6.97. The number of fused-ring (bicyclic) bond motifs is 8. The van der Waals surface area contributed by atoms with Crippen LogP contribution in [0.25, 0.3) is 73.0 Å². The molecule has 0 fully saturated rings. The summed E-state index contributed by atoms with van der Waals surface area (Å²) in [5.74, 6) is 0. The van der Waals surface area contributed by atoms with E-state index in [-0.39, 0.29) is 0 Å². The van der Waals surface area contributed by atoms with E-state index in [4.69, 9.17) is 0 Å². The van der Waals surface area contributed by atoms with Crippen molar-refractivity contribution >= 4 is 102 Å². The molecule has 0 radical (unpaired) electrons. The Morgan fingerprint density at radius 2 is 0.936 bits per heavy atom. The first kappa shape index (κ1) is 26.6. The van der Waals surface area contributed by atoms with Crippen molar-refractivity contribution in [2.75, 3.05) is 4.90 Å². The first-order valence-corrected chi connectivity index (χ1v) is 17.4. The van der Waals surface area contributed by atoms with E-state index in [0.717, 1.165) is 28.2 Å². The zero-order valence-corrected chi connectivity index (χ0v) is 26.9. The standard InChI is InChI=1S/C43H26N2S2/c1-3-9-40-36(7-1)38-22-31-20-34(17-13-28(31)24-42(38)46-40)45(33-15-11-27(12-16-33)30-6-5-19-44-26-30)35-18-14-29-25-43-39(23-32(29)21-35)37-8-2-4-10-41(37)47-43/h1-26H. The maximum Gasteiger partial charge on any atom is 0.0468 e. The van der Waals surface area contributed by atoms with Gasteiger partial charge in [-0.15, -0.1) is 22.7 Å². The largest absolute Gasteiger partial charge is 0.310 e. The lowest BCUT2D eigenvalue weighted by Crippen LogP contribution is -2.09. The maximum absolute atomic E-state index is 4.34. The van der Waals surface area contributed by atoms with E-state index in [2.05, 4.69) is 149 Å². The molecule has 7 aromatic carbocycles. The summed E-state index contributed by atoms with van der Waals surface area (Å²) >= 11 is 3.74. The average Bonchev–Trinajstić information content (AvgIpc) is 3.67. The van der Waals surface area contributed by atoms with Crippen molar-refractivity contribution in [2.24, 2.45) is 0 Å². The summed E-state index contributed by atoms with van der Waals surface area (Å²) in [5.41, 5.74) is 5.64. The molecule has 0 saturated carbocycles. The van der Waals surface area contributed by atoms with Crippen LogP contribution in [0.3, 0.4) is 0 Å². The number of benzene rings is 7. The number of anilines is 3. The molecule has 0 aliphatic rings. The Bertz CT molecular complexity index is 2640. The monoisotopic (exact) mass is 634 g/mol. The number of thiophene rings is 2. The van der Waals surface area contributed by atoms with Crippen LogP contribution in [0.15, 0.2) is 158 Å². The molecule has 10 rings (SSSR count). The van der Waals surface area contributed by atoms with Gasteiger partial charge in [0.1, 0.15) is 0 Å². The number of nitrogens with zero attached hydrogens (tertiary/aromatic N) is 2. The third-order valence-corrected chi connectivity index (χ3v) is 11.5. The van der Waals surface area contributed by atoms with Gasteiger partial charge in [-0.05, 0) is 112 Å². The highest BCUT2D eigenvalue weighted by molar-refractivity contribution is 7.26. The molecule has 0 spiro atoms. The molecular formula is C43H26N2S2. The minimum atomic E-state index is 1.11. The molecule has 0 N–H and O–H groups in total. The van der Waals surface area contributed by atoms with Crippen LogP contribution in [-0.4, -0.2) is 4.98 Å². The number of hydrogen-bond acceptors (Lipinski definition) is 4. The van der Waals surface area contributed by atoms with E-state index >= 15 is 0 Å². The highest BCUT2D eigenvalue weighted by atomic mass is 32.1. The minimum Gasteiger partial charge on any atom is -0.310 e. The van der Waals surface area contributed by atoms with Crippen LogP contribution in [0.4, 0.5) is 17.1 Å². The number of pyridine rings is 1. The Balaban J connectivity index is 1.16. The number of hydrogen-bond donors (Lipinski definition) is 0. The van der Waals surface area contributed by atoms with Gasteiger partial charge < -0.3 is 4.90 Å². The van der Waals surface area contributed by atoms with E-state index in [0.29, 0.717) is 0 Å². The van der Waals surface area contributed by atoms with E-state index < -0.39 is 0 Å². The minimum absolute atomic E-state index is 1.11. The second kappa shape index (κ2) is 10.5. The van der Waals surface area contributed by atoms with E-state index in [1.165, 1.54) is 61.9 Å². The highest BCUT2D eigenvalue weighted by Gasteiger charge is 2.16. The molecule has 4 heteroatoms. The molecule has 0 saturated heterocycles. The van der Waals surface area contributed by atoms with Crippen molar-refractivity contribution in [1.82, 2.24) is 4.98 Å². The molecule has 2 nitrogen and oxygen atoms in total. The van der Waals surface area contributed by atoms with Crippen LogP contribution < -0.4 is 4.90 Å². The van der Waals surface area contributed by atoms with Crippen LogP contribution in [0.1, 0.15) is 0 Å². The predicted octanol–water partition coefficient (Wildman–Crippen LogP) is 13.3. The molecule has 220 valence electrons. The highest BCUT2D eigenvalue weighted by Crippen LogP contribution is 2.42. The van der Waals surface area contributed by atoms with Gasteiger partial charge in [-0.25, -0.2) is 0 Å².